The lowest BCUT2D eigenvalue weighted by molar-refractivity contribution is 0.00308. The molecule has 1 nitrogen and oxygen atoms in total. The monoisotopic (exact) mass is 176 g/mol. The van der Waals surface area contributed by atoms with Crippen molar-refractivity contribution in [1.82, 2.24) is 0 Å². The third-order valence-electron chi connectivity index (χ3n) is 2.44. The largest absolute Gasteiger partial charge is 0.377 e. The van der Waals surface area contributed by atoms with Crippen molar-refractivity contribution in [2.75, 3.05) is 12.5 Å². The molecule has 1 saturated carbocycles. The van der Waals surface area contributed by atoms with Gasteiger partial charge in [-0.25, -0.2) is 0 Å². The third kappa shape index (κ3) is 3.00. The van der Waals surface area contributed by atoms with Crippen LogP contribution < -0.4 is 0 Å². The predicted molar refractivity (Wildman–Crippen MR) is 48.1 cm³/mol. The Morgan fingerprint density at radius 3 is 2.73 bits per heavy atom. The summed E-state index contributed by atoms with van der Waals surface area (Å²) in [6, 6.07) is 0. The van der Waals surface area contributed by atoms with Gasteiger partial charge < -0.3 is 4.74 Å². The fourth-order valence-electron chi connectivity index (χ4n) is 1.73. The Labute approximate surface area is 74.1 Å². The second-order valence-corrected chi connectivity index (χ2v) is 3.74. The Hall–Kier alpha value is 0.250. The SMILES string of the molecule is C[C@@H]1CCCC[C@@H]1OCCCl. The van der Waals surface area contributed by atoms with Crippen molar-refractivity contribution in [3.63, 3.8) is 0 Å². The Morgan fingerprint density at radius 1 is 1.36 bits per heavy atom. The number of rotatable bonds is 3. The normalized spacial score (nSPS) is 32.2. The molecular weight excluding hydrogens is 160 g/mol. The lowest BCUT2D eigenvalue weighted by Crippen LogP contribution is -2.26. The molecule has 0 radical (unpaired) electrons. The van der Waals surface area contributed by atoms with Crippen LogP contribution in [-0.2, 0) is 4.74 Å². The molecule has 0 amide bonds. The minimum absolute atomic E-state index is 0.488. The number of ether oxygens (including phenoxy) is 1. The van der Waals surface area contributed by atoms with Gasteiger partial charge in [0.25, 0.3) is 0 Å². The van der Waals surface area contributed by atoms with Crippen LogP contribution in [0, 0.1) is 5.92 Å². The summed E-state index contributed by atoms with van der Waals surface area (Å²) < 4.78 is 5.61. The van der Waals surface area contributed by atoms with Crippen molar-refractivity contribution < 1.29 is 4.74 Å². The maximum absolute atomic E-state index is 5.61. The highest BCUT2D eigenvalue weighted by atomic mass is 35.5. The highest BCUT2D eigenvalue weighted by molar-refractivity contribution is 6.17. The summed E-state index contributed by atoms with van der Waals surface area (Å²) in [6.45, 7) is 2.99. The summed E-state index contributed by atoms with van der Waals surface area (Å²) in [5.74, 6) is 1.37. The molecule has 0 spiro atoms. The Morgan fingerprint density at radius 2 is 2.09 bits per heavy atom. The molecule has 2 heteroatoms. The summed E-state index contributed by atoms with van der Waals surface area (Å²) >= 11 is 5.54. The topological polar surface area (TPSA) is 9.23 Å². The Balaban J connectivity index is 2.18. The zero-order chi connectivity index (χ0) is 8.10. The second kappa shape index (κ2) is 5.00. The van der Waals surface area contributed by atoms with Crippen LogP contribution >= 0.6 is 11.6 Å². The number of hydrogen-bond donors (Lipinski definition) is 0. The Kier molecular flexibility index (Phi) is 4.24. The summed E-state index contributed by atoms with van der Waals surface area (Å²) in [7, 11) is 0. The highest BCUT2D eigenvalue weighted by Crippen LogP contribution is 2.25. The van der Waals surface area contributed by atoms with E-state index in [1.165, 1.54) is 25.7 Å². The first kappa shape index (κ1) is 9.34. The molecule has 0 unspecified atom stereocenters. The summed E-state index contributed by atoms with van der Waals surface area (Å²) in [5, 5.41) is 0. The molecule has 0 aromatic heterocycles. The molecule has 1 fully saturated rings. The molecule has 0 aromatic rings. The first-order chi connectivity index (χ1) is 5.34. The molecular formula is C9H17ClO. The van der Waals surface area contributed by atoms with E-state index in [-0.39, 0.29) is 0 Å². The van der Waals surface area contributed by atoms with Crippen LogP contribution in [0.4, 0.5) is 0 Å². The van der Waals surface area contributed by atoms with Crippen LogP contribution in [-0.4, -0.2) is 18.6 Å². The van der Waals surface area contributed by atoms with E-state index in [2.05, 4.69) is 6.92 Å². The fourth-order valence-corrected chi connectivity index (χ4v) is 1.81. The average molecular weight is 177 g/mol. The van der Waals surface area contributed by atoms with E-state index in [9.17, 15) is 0 Å². The average Bonchev–Trinajstić information content (AvgIpc) is 2.03. The van der Waals surface area contributed by atoms with Crippen LogP contribution in [0.3, 0.4) is 0 Å². The quantitative estimate of drug-likeness (QED) is 0.601. The van der Waals surface area contributed by atoms with Crippen LogP contribution in [0.2, 0.25) is 0 Å². The summed E-state index contributed by atoms with van der Waals surface area (Å²) in [6.07, 6.45) is 5.76. The van der Waals surface area contributed by atoms with Gasteiger partial charge in [0.05, 0.1) is 12.7 Å². The molecule has 1 rings (SSSR count). The predicted octanol–water partition coefficient (Wildman–Crippen LogP) is 2.82. The van der Waals surface area contributed by atoms with E-state index in [0.29, 0.717) is 12.0 Å². The maximum Gasteiger partial charge on any atom is 0.0605 e. The van der Waals surface area contributed by atoms with Gasteiger partial charge in [-0.05, 0) is 18.8 Å². The second-order valence-electron chi connectivity index (χ2n) is 3.36. The standard InChI is InChI=1S/C9H17ClO/c1-8-4-2-3-5-9(8)11-7-6-10/h8-9H,2-7H2,1H3/t8-,9+/m1/s1. The molecule has 0 bridgehead atoms. The molecule has 0 aliphatic heterocycles. The van der Waals surface area contributed by atoms with Crippen LogP contribution in [0.5, 0.6) is 0 Å². The van der Waals surface area contributed by atoms with E-state index in [1.807, 2.05) is 0 Å². The first-order valence-corrected chi connectivity index (χ1v) is 5.05. The first-order valence-electron chi connectivity index (χ1n) is 4.52. The van der Waals surface area contributed by atoms with Crippen LogP contribution in [0.15, 0.2) is 0 Å². The minimum atomic E-state index is 0.488. The molecule has 11 heavy (non-hydrogen) atoms. The van der Waals surface area contributed by atoms with Crippen molar-refractivity contribution in [3.05, 3.63) is 0 Å². The highest BCUT2D eigenvalue weighted by Gasteiger charge is 2.21. The molecule has 0 aromatic carbocycles. The molecule has 0 saturated heterocycles. The summed E-state index contributed by atoms with van der Waals surface area (Å²) in [4.78, 5) is 0. The van der Waals surface area contributed by atoms with Gasteiger partial charge in [0.2, 0.25) is 0 Å². The summed E-state index contributed by atoms with van der Waals surface area (Å²) in [5.41, 5.74) is 0. The number of hydrogen-bond acceptors (Lipinski definition) is 1. The lowest BCUT2D eigenvalue weighted by Gasteiger charge is -2.28. The van der Waals surface area contributed by atoms with Gasteiger partial charge in [0.1, 0.15) is 0 Å². The van der Waals surface area contributed by atoms with Crippen molar-refractivity contribution in [3.8, 4) is 0 Å². The third-order valence-corrected chi connectivity index (χ3v) is 2.60. The molecule has 2 atom stereocenters. The van der Waals surface area contributed by atoms with Crippen molar-refractivity contribution >= 4 is 11.6 Å². The Bertz CT molecular complexity index is 106. The zero-order valence-corrected chi connectivity index (χ0v) is 7.94. The van der Waals surface area contributed by atoms with E-state index in [4.69, 9.17) is 16.3 Å². The van der Waals surface area contributed by atoms with Crippen molar-refractivity contribution in [2.45, 2.75) is 38.7 Å². The van der Waals surface area contributed by atoms with E-state index in [1.54, 1.807) is 0 Å². The molecule has 0 heterocycles. The van der Waals surface area contributed by atoms with Gasteiger partial charge in [-0.15, -0.1) is 11.6 Å². The minimum Gasteiger partial charge on any atom is -0.377 e. The lowest BCUT2D eigenvalue weighted by atomic mass is 9.88. The molecule has 1 aliphatic carbocycles. The zero-order valence-electron chi connectivity index (χ0n) is 7.18. The maximum atomic E-state index is 5.61. The molecule has 66 valence electrons. The van der Waals surface area contributed by atoms with Gasteiger partial charge in [0, 0.05) is 5.88 Å². The van der Waals surface area contributed by atoms with Gasteiger partial charge in [-0.2, -0.15) is 0 Å². The van der Waals surface area contributed by atoms with E-state index < -0.39 is 0 Å². The van der Waals surface area contributed by atoms with E-state index in [0.717, 1.165) is 12.5 Å². The van der Waals surface area contributed by atoms with Gasteiger partial charge in [-0.1, -0.05) is 19.8 Å². The number of alkyl halides is 1. The van der Waals surface area contributed by atoms with E-state index >= 15 is 0 Å². The smallest absolute Gasteiger partial charge is 0.0605 e. The van der Waals surface area contributed by atoms with Gasteiger partial charge in [-0.3, -0.25) is 0 Å². The van der Waals surface area contributed by atoms with Crippen LogP contribution in [0.1, 0.15) is 32.6 Å². The molecule has 1 aliphatic rings. The molecule has 0 N–H and O–H groups in total. The van der Waals surface area contributed by atoms with Crippen molar-refractivity contribution in [1.29, 1.82) is 0 Å². The van der Waals surface area contributed by atoms with Gasteiger partial charge >= 0.3 is 0 Å². The fraction of sp³-hybridized carbons (Fsp3) is 1.00. The van der Waals surface area contributed by atoms with Gasteiger partial charge in [0.15, 0.2) is 0 Å². The van der Waals surface area contributed by atoms with Crippen LogP contribution in [0.25, 0.3) is 0 Å². The number of halogens is 1. The van der Waals surface area contributed by atoms with Crippen molar-refractivity contribution in [2.24, 2.45) is 5.92 Å².